The summed E-state index contributed by atoms with van der Waals surface area (Å²) < 4.78 is 24.8. The molecule has 0 aromatic heterocycles. The highest BCUT2D eigenvalue weighted by Gasteiger charge is 2.49. The van der Waals surface area contributed by atoms with Crippen LogP contribution in [0.5, 0.6) is 0 Å². The summed E-state index contributed by atoms with van der Waals surface area (Å²) in [6.45, 7) is 4.09. The second kappa shape index (κ2) is 6.06. The number of nitrogens with two attached hydrogens (primary N) is 1. The average Bonchev–Trinajstić information content (AvgIpc) is 2.96. The molecular formula is C18H22FNO3. The lowest BCUT2D eigenvalue weighted by Gasteiger charge is -2.44. The maximum absolute atomic E-state index is 13.2. The Labute approximate surface area is 135 Å². The number of primary amides is 1. The monoisotopic (exact) mass is 319 g/mol. The molecule has 1 spiro atoms. The normalized spacial score (nSPS) is 33.7. The number of hydrogen-bond donors (Lipinski definition) is 1. The summed E-state index contributed by atoms with van der Waals surface area (Å²) in [4.78, 5) is 11.3. The SMILES string of the molecule is C=CCC1(c2ccc(F)cc2)CCC2(CC1)OCC(C(N)=O)O2. The number of benzene rings is 1. The van der Waals surface area contributed by atoms with Crippen molar-refractivity contribution in [3.63, 3.8) is 0 Å². The van der Waals surface area contributed by atoms with Gasteiger partial charge in [-0.25, -0.2) is 4.39 Å². The average molecular weight is 319 g/mol. The first-order valence-electron chi connectivity index (χ1n) is 7.97. The number of carbonyl (C=O) groups excluding carboxylic acids is 1. The van der Waals surface area contributed by atoms with Crippen LogP contribution in [0.25, 0.3) is 0 Å². The van der Waals surface area contributed by atoms with Gasteiger partial charge in [0.25, 0.3) is 0 Å². The highest BCUT2D eigenvalue weighted by Crippen LogP contribution is 2.49. The van der Waals surface area contributed by atoms with Crippen LogP contribution in [0.3, 0.4) is 0 Å². The maximum Gasteiger partial charge on any atom is 0.249 e. The van der Waals surface area contributed by atoms with Gasteiger partial charge in [0.15, 0.2) is 11.9 Å². The Morgan fingerprint density at radius 2 is 1.96 bits per heavy atom. The molecule has 0 bridgehead atoms. The van der Waals surface area contributed by atoms with Crippen molar-refractivity contribution in [1.29, 1.82) is 0 Å². The van der Waals surface area contributed by atoms with Crippen LogP contribution in [-0.2, 0) is 19.7 Å². The van der Waals surface area contributed by atoms with Gasteiger partial charge in [0.1, 0.15) is 5.82 Å². The van der Waals surface area contributed by atoms with Crippen LogP contribution >= 0.6 is 0 Å². The molecule has 2 fully saturated rings. The van der Waals surface area contributed by atoms with Crippen molar-refractivity contribution in [2.75, 3.05) is 6.61 Å². The quantitative estimate of drug-likeness (QED) is 0.868. The maximum atomic E-state index is 13.2. The minimum Gasteiger partial charge on any atom is -0.367 e. The molecule has 1 saturated heterocycles. The number of hydrogen-bond acceptors (Lipinski definition) is 3. The van der Waals surface area contributed by atoms with Gasteiger partial charge in [-0.3, -0.25) is 4.79 Å². The van der Waals surface area contributed by atoms with Crippen molar-refractivity contribution >= 4 is 5.91 Å². The Hall–Kier alpha value is -1.72. The number of halogens is 1. The smallest absolute Gasteiger partial charge is 0.249 e. The van der Waals surface area contributed by atoms with Crippen LogP contribution in [-0.4, -0.2) is 24.4 Å². The predicted octanol–water partition coefficient (Wildman–Crippen LogP) is 2.81. The molecule has 1 aliphatic carbocycles. The molecular weight excluding hydrogens is 297 g/mol. The number of allylic oxidation sites excluding steroid dienone is 1. The van der Waals surface area contributed by atoms with Crippen molar-refractivity contribution in [3.05, 3.63) is 48.3 Å². The van der Waals surface area contributed by atoms with Crippen LogP contribution in [0.4, 0.5) is 4.39 Å². The van der Waals surface area contributed by atoms with E-state index in [0.717, 1.165) is 24.8 Å². The van der Waals surface area contributed by atoms with Crippen molar-refractivity contribution in [2.45, 2.75) is 49.4 Å². The lowest BCUT2D eigenvalue weighted by Crippen LogP contribution is -2.43. The largest absolute Gasteiger partial charge is 0.367 e. The number of rotatable bonds is 4. The van der Waals surface area contributed by atoms with Crippen molar-refractivity contribution in [2.24, 2.45) is 5.73 Å². The zero-order chi connectivity index (χ0) is 16.5. The van der Waals surface area contributed by atoms with E-state index in [1.54, 1.807) is 0 Å². The number of carbonyl (C=O) groups is 1. The fourth-order valence-corrected chi connectivity index (χ4v) is 3.76. The Kier molecular flexibility index (Phi) is 4.25. The van der Waals surface area contributed by atoms with Crippen molar-refractivity contribution in [1.82, 2.24) is 0 Å². The van der Waals surface area contributed by atoms with E-state index in [0.29, 0.717) is 12.8 Å². The number of ether oxygens (including phenoxy) is 2. The molecule has 1 aromatic rings. The van der Waals surface area contributed by atoms with Crippen molar-refractivity contribution < 1.29 is 18.7 Å². The van der Waals surface area contributed by atoms with Crippen LogP contribution in [0.1, 0.15) is 37.7 Å². The van der Waals surface area contributed by atoms with Crippen LogP contribution in [0.15, 0.2) is 36.9 Å². The summed E-state index contributed by atoms with van der Waals surface area (Å²) in [6.07, 6.45) is 5.08. The van der Waals surface area contributed by atoms with Crippen molar-refractivity contribution in [3.8, 4) is 0 Å². The van der Waals surface area contributed by atoms with Gasteiger partial charge in [0.05, 0.1) is 6.61 Å². The Bertz CT molecular complexity index is 591. The predicted molar refractivity (Wildman–Crippen MR) is 84.1 cm³/mol. The summed E-state index contributed by atoms with van der Waals surface area (Å²) in [7, 11) is 0. The van der Waals surface area contributed by atoms with E-state index < -0.39 is 17.8 Å². The van der Waals surface area contributed by atoms with E-state index in [2.05, 4.69) is 6.58 Å². The summed E-state index contributed by atoms with van der Waals surface area (Å²) in [5.41, 5.74) is 6.33. The van der Waals surface area contributed by atoms with E-state index in [1.807, 2.05) is 18.2 Å². The summed E-state index contributed by atoms with van der Waals surface area (Å²) in [5, 5.41) is 0. The molecule has 23 heavy (non-hydrogen) atoms. The lowest BCUT2D eigenvalue weighted by atomic mass is 9.66. The molecule has 1 atom stereocenters. The van der Waals surface area contributed by atoms with Crippen LogP contribution in [0.2, 0.25) is 0 Å². The van der Waals surface area contributed by atoms with Gasteiger partial charge in [0, 0.05) is 12.8 Å². The zero-order valence-corrected chi connectivity index (χ0v) is 13.1. The van der Waals surface area contributed by atoms with Gasteiger partial charge in [-0.15, -0.1) is 6.58 Å². The first kappa shape index (κ1) is 16.1. The lowest BCUT2D eigenvalue weighted by molar-refractivity contribution is -0.195. The van der Waals surface area contributed by atoms with E-state index in [4.69, 9.17) is 15.2 Å². The highest BCUT2D eigenvalue weighted by molar-refractivity contribution is 5.79. The highest BCUT2D eigenvalue weighted by atomic mass is 19.1. The fraction of sp³-hybridized carbons (Fsp3) is 0.500. The molecule has 1 aliphatic heterocycles. The Morgan fingerprint density at radius 1 is 1.30 bits per heavy atom. The molecule has 5 heteroatoms. The molecule has 2 aliphatic rings. The second-order valence-electron chi connectivity index (χ2n) is 6.51. The molecule has 3 rings (SSSR count). The summed E-state index contributed by atoms with van der Waals surface area (Å²) in [5.74, 6) is -1.42. The van der Waals surface area contributed by atoms with Gasteiger partial charge in [-0.1, -0.05) is 18.2 Å². The first-order valence-corrected chi connectivity index (χ1v) is 7.97. The van der Waals surface area contributed by atoms with Gasteiger partial charge in [0.2, 0.25) is 5.91 Å². The molecule has 1 saturated carbocycles. The standard InChI is InChI=1S/C18H22FNO3/c1-2-7-17(13-3-5-14(19)6-4-13)8-10-18(11-9-17)22-12-15(23-18)16(20)21/h2-6,15H,1,7-12H2,(H2,20,21). The summed E-state index contributed by atoms with van der Waals surface area (Å²) >= 11 is 0. The molecule has 1 aromatic carbocycles. The van der Waals surface area contributed by atoms with Gasteiger partial charge in [-0.05, 0) is 42.4 Å². The zero-order valence-electron chi connectivity index (χ0n) is 13.1. The molecule has 124 valence electrons. The van der Waals surface area contributed by atoms with E-state index >= 15 is 0 Å². The Morgan fingerprint density at radius 3 is 2.48 bits per heavy atom. The fourth-order valence-electron chi connectivity index (χ4n) is 3.76. The van der Waals surface area contributed by atoms with E-state index in [-0.39, 0.29) is 17.8 Å². The van der Waals surface area contributed by atoms with Gasteiger partial charge in [-0.2, -0.15) is 0 Å². The third kappa shape index (κ3) is 3.03. The van der Waals surface area contributed by atoms with Crippen LogP contribution in [0, 0.1) is 5.82 Å². The second-order valence-corrected chi connectivity index (χ2v) is 6.51. The van der Waals surface area contributed by atoms with Crippen LogP contribution < -0.4 is 5.73 Å². The molecule has 1 heterocycles. The molecule has 2 N–H and O–H groups in total. The molecule has 1 amide bonds. The Balaban J connectivity index is 1.77. The molecule has 4 nitrogen and oxygen atoms in total. The topological polar surface area (TPSA) is 61.5 Å². The summed E-state index contributed by atoms with van der Waals surface area (Å²) in [6, 6.07) is 6.69. The van der Waals surface area contributed by atoms with Gasteiger partial charge < -0.3 is 15.2 Å². The third-order valence-electron chi connectivity index (χ3n) is 5.13. The van der Waals surface area contributed by atoms with Gasteiger partial charge >= 0.3 is 0 Å². The first-order chi connectivity index (χ1) is 11.0. The van der Waals surface area contributed by atoms with E-state index in [9.17, 15) is 9.18 Å². The molecule has 0 radical (unpaired) electrons. The number of amides is 1. The minimum absolute atomic E-state index is 0.0851. The minimum atomic E-state index is -0.704. The van der Waals surface area contributed by atoms with E-state index in [1.165, 1.54) is 12.1 Å². The molecule has 1 unspecified atom stereocenters. The third-order valence-corrected chi connectivity index (χ3v) is 5.13.